The van der Waals surface area contributed by atoms with Crippen LogP contribution in [0.2, 0.25) is 0 Å². The third-order valence-corrected chi connectivity index (χ3v) is 6.30. The lowest BCUT2D eigenvalue weighted by atomic mass is 10.00. The highest BCUT2D eigenvalue weighted by Gasteiger charge is 2.24. The summed E-state index contributed by atoms with van der Waals surface area (Å²) < 4.78 is 11.0. The van der Waals surface area contributed by atoms with Crippen LogP contribution in [0.4, 0.5) is 16.8 Å². The molecule has 1 aliphatic heterocycles. The summed E-state index contributed by atoms with van der Waals surface area (Å²) in [4.78, 5) is 15.2. The van der Waals surface area contributed by atoms with Crippen LogP contribution in [0.5, 0.6) is 5.75 Å². The Bertz CT molecular complexity index is 1020. The molecule has 1 saturated heterocycles. The number of ether oxygens (including phenoxy) is 2. The molecule has 2 aromatic heterocycles. The van der Waals surface area contributed by atoms with Crippen LogP contribution in [0, 0.1) is 0 Å². The van der Waals surface area contributed by atoms with E-state index in [1.807, 2.05) is 30.5 Å². The molecule has 1 atom stereocenters. The van der Waals surface area contributed by atoms with Gasteiger partial charge in [-0.25, -0.2) is 15.0 Å². The molecule has 8 heteroatoms. The summed E-state index contributed by atoms with van der Waals surface area (Å²) in [6.07, 6.45) is 6.32. The van der Waals surface area contributed by atoms with E-state index in [1.54, 1.807) is 18.4 Å². The summed E-state index contributed by atoms with van der Waals surface area (Å²) in [7, 11) is 1.66. The van der Waals surface area contributed by atoms with Crippen LogP contribution in [0.1, 0.15) is 24.1 Å². The van der Waals surface area contributed by atoms with Crippen molar-refractivity contribution < 1.29 is 9.47 Å². The third kappa shape index (κ3) is 3.90. The molecule has 1 aromatic carbocycles. The Hall–Kier alpha value is -2.71. The van der Waals surface area contributed by atoms with Gasteiger partial charge in [-0.05, 0) is 43.4 Å². The molecule has 1 unspecified atom stereocenters. The molecule has 150 valence electrons. The van der Waals surface area contributed by atoms with Crippen molar-refractivity contribution in [1.82, 2.24) is 15.0 Å². The van der Waals surface area contributed by atoms with Crippen molar-refractivity contribution in [2.45, 2.75) is 31.8 Å². The number of rotatable bonds is 6. The molecule has 3 aromatic rings. The number of nitrogens with one attached hydrogen (secondary N) is 2. The topological polar surface area (TPSA) is 81.2 Å². The van der Waals surface area contributed by atoms with Gasteiger partial charge in [0.05, 0.1) is 29.5 Å². The first-order chi connectivity index (χ1) is 14.3. The fourth-order valence-corrected chi connectivity index (χ4v) is 4.76. The molecule has 1 fully saturated rings. The van der Waals surface area contributed by atoms with E-state index >= 15 is 0 Å². The number of aryl methyl sites for hydroxylation is 2. The molecular weight excluding hydrogens is 386 g/mol. The van der Waals surface area contributed by atoms with Gasteiger partial charge >= 0.3 is 0 Å². The average Bonchev–Trinajstić information content (AvgIpc) is 3.42. The lowest BCUT2D eigenvalue weighted by Crippen LogP contribution is -2.18. The number of benzene rings is 1. The second kappa shape index (κ2) is 7.96. The predicted molar refractivity (Wildman–Crippen MR) is 114 cm³/mol. The Morgan fingerprint density at radius 3 is 3.10 bits per heavy atom. The van der Waals surface area contributed by atoms with Crippen LogP contribution in [0.15, 0.2) is 30.5 Å². The number of thiazole rings is 1. The van der Waals surface area contributed by atoms with E-state index in [0.29, 0.717) is 12.1 Å². The van der Waals surface area contributed by atoms with Crippen LogP contribution >= 0.6 is 11.3 Å². The van der Waals surface area contributed by atoms with Crippen molar-refractivity contribution in [2.24, 2.45) is 0 Å². The number of anilines is 3. The van der Waals surface area contributed by atoms with E-state index < -0.39 is 0 Å². The molecule has 5 rings (SSSR count). The van der Waals surface area contributed by atoms with Crippen molar-refractivity contribution in [3.8, 4) is 16.3 Å². The van der Waals surface area contributed by atoms with Crippen LogP contribution in [0.3, 0.4) is 0 Å². The first-order valence-electron chi connectivity index (χ1n) is 9.91. The number of nitrogens with zero attached hydrogens (tertiary/aromatic N) is 3. The zero-order valence-electron chi connectivity index (χ0n) is 16.3. The molecule has 0 spiro atoms. The molecule has 0 saturated carbocycles. The highest BCUT2D eigenvalue weighted by atomic mass is 32.1. The number of fused-ring (bicyclic) bond motifs is 3. The van der Waals surface area contributed by atoms with Gasteiger partial charge in [0.2, 0.25) is 5.95 Å². The number of methoxy groups -OCH3 is 1. The normalized spacial score (nSPS) is 17.5. The Morgan fingerprint density at radius 1 is 1.28 bits per heavy atom. The second-order valence-corrected chi connectivity index (χ2v) is 8.23. The molecule has 7 nitrogen and oxygen atoms in total. The molecule has 0 amide bonds. The standard InChI is InChI=1S/C21H23N5O2S/c1-27-15-5-2-4-14(10-15)24-20-22-11-13-7-8-17-19(18(13)26-20)29-21(25-17)23-12-16-6-3-9-28-16/h2,4-5,10-11,16H,3,6-9,12H2,1H3,(H,23,25)(H,22,24,26). The SMILES string of the molecule is COc1cccc(Nc2ncc3c(n2)-c2sc(NCC4CCCO4)nc2CC3)c1. The molecular formula is C21H23N5O2S. The molecule has 0 bridgehead atoms. The van der Waals surface area contributed by atoms with E-state index in [4.69, 9.17) is 19.4 Å². The summed E-state index contributed by atoms with van der Waals surface area (Å²) >= 11 is 1.67. The molecule has 2 aliphatic rings. The van der Waals surface area contributed by atoms with Gasteiger partial charge in [-0.2, -0.15) is 0 Å². The predicted octanol–water partition coefficient (Wildman–Crippen LogP) is 4.04. The van der Waals surface area contributed by atoms with E-state index in [1.165, 1.54) is 5.56 Å². The highest BCUT2D eigenvalue weighted by molar-refractivity contribution is 7.19. The van der Waals surface area contributed by atoms with Crippen LogP contribution < -0.4 is 15.4 Å². The fraction of sp³-hybridized carbons (Fsp3) is 0.381. The van der Waals surface area contributed by atoms with Crippen molar-refractivity contribution in [3.05, 3.63) is 41.7 Å². The van der Waals surface area contributed by atoms with Crippen molar-refractivity contribution >= 4 is 28.1 Å². The first-order valence-corrected chi connectivity index (χ1v) is 10.7. The average molecular weight is 410 g/mol. The first kappa shape index (κ1) is 18.3. The van der Waals surface area contributed by atoms with Gasteiger partial charge < -0.3 is 20.1 Å². The largest absolute Gasteiger partial charge is 0.497 e. The minimum atomic E-state index is 0.296. The molecule has 1 aliphatic carbocycles. The van der Waals surface area contributed by atoms with Crippen LogP contribution in [-0.2, 0) is 17.6 Å². The number of aromatic nitrogens is 3. The molecule has 2 N–H and O–H groups in total. The Kier molecular flexibility index (Phi) is 5.03. The van der Waals surface area contributed by atoms with E-state index in [9.17, 15) is 0 Å². The van der Waals surface area contributed by atoms with Gasteiger partial charge in [0.15, 0.2) is 5.13 Å². The summed E-state index contributed by atoms with van der Waals surface area (Å²) in [5.41, 5.74) is 4.16. The van der Waals surface area contributed by atoms with Crippen molar-refractivity contribution in [3.63, 3.8) is 0 Å². The number of hydrogen-bond donors (Lipinski definition) is 2. The van der Waals surface area contributed by atoms with E-state index in [-0.39, 0.29) is 0 Å². The fourth-order valence-electron chi connectivity index (χ4n) is 3.72. The Balaban J connectivity index is 1.37. The van der Waals surface area contributed by atoms with Gasteiger partial charge in [0.1, 0.15) is 5.75 Å². The van der Waals surface area contributed by atoms with Crippen LogP contribution in [-0.4, -0.2) is 41.3 Å². The monoisotopic (exact) mass is 409 g/mol. The smallest absolute Gasteiger partial charge is 0.227 e. The lowest BCUT2D eigenvalue weighted by Gasteiger charge is -2.15. The summed E-state index contributed by atoms with van der Waals surface area (Å²) in [6.45, 7) is 1.68. The second-order valence-electron chi connectivity index (χ2n) is 7.24. The van der Waals surface area contributed by atoms with Crippen LogP contribution in [0.25, 0.3) is 10.6 Å². The number of hydrogen-bond acceptors (Lipinski definition) is 8. The maximum atomic E-state index is 5.70. The van der Waals surface area contributed by atoms with Gasteiger partial charge in [0, 0.05) is 31.1 Å². The zero-order valence-corrected chi connectivity index (χ0v) is 17.1. The van der Waals surface area contributed by atoms with Gasteiger partial charge in [0.25, 0.3) is 0 Å². The highest BCUT2D eigenvalue weighted by Crippen LogP contribution is 2.39. The van der Waals surface area contributed by atoms with Gasteiger partial charge in [-0.3, -0.25) is 0 Å². The Labute approximate surface area is 173 Å². The van der Waals surface area contributed by atoms with E-state index in [0.717, 1.165) is 71.7 Å². The van der Waals surface area contributed by atoms with Gasteiger partial charge in [-0.1, -0.05) is 17.4 Å². The summed E-state index contributed by atoms with van der Waals surface area (Å²) in [5, 5.41) is 7.67. The summed E-state index contributed by atoms with van der Waals surface area (Å²) in [5.74, 6) is 1.37. The maximum absolute atomic E-state index is 5.70. The molecule has 0 radical (unpaired) electrons. The summed E-state index contributed by atoms with van der Waals surface area (Å²) in [6, 6.07) is 7.74. The maximum Gasteiger partial charge on any atom is 0.227 e. The van der Waals surface area contributed by atoms with Crippen molar-refractivity contribution in [1.29, 1.82) is 0 Å². The quantitative estimate of drug-likeness (QED) is 0.636. The van der Waals surface area contributed by atoms with Gasteiger partial charge in [-0.15, -0.1) is 0 Å². The van der Waals surface area contributed by atoms with E-state index in [2.05, 4.69) is 15.6 Å². The minimum Gasteiger partial charge on any atom is -0.497 e. The molecule has 29 heavy (non-hydrogen) atoms. The van der Waals surface area contributed by atoms with Crippen molar-refractivity contribution in [2.75, 3.05) is 30.9 Å². The lowest BCUT2D eigenvalue weighted by molar-refractivity contribution is 0.120. The molecule has 3 heterocycles. The minimum absolute atomic E-state index is 0.296. The Morgan fingerprint density at radius 2 is 2.24 bits per heavy atom. The third-order valence-electron chi connectivity index (χ3n) is 5.24. The zero-order chi connectivity index (χ0) is 19.6.